The third kappa shape index (κ3) is 4.93. The Labute approximate surface area is 116 Å². The summed E-state index contributed by atoms with van der Waals surface area (Å²) < 4.78 is 23.5. The lowest BCUT2D eigenvalue weighted by atomic mass is 10.1. The number of hydrogen-bond acceptors (Lipinski definition) is 4. The van der Waals surface area contributed by atoms with Gasteiger partial charge < -0.3 is 10.6 Å². The Morgan fingerprint density at radius 1 is 1.21 bits per heavy atom. The number of nitrogens with zero attached hydrogens (tertiary/aromatic N) is 1. The van der Waals surface area contributed by atoms with E-state index >= 15 is 0 Å². The number of rotatable bonds is 7. The van der Waals surface area contributed by atoms with Crippen molar-refractivity contribution in [3.05, 3.63) is 35.4 Å². The van der Waals surface area contributed by atoms with Crippen LogP contribution in [0.5, 0.6) is 0 Å². The zero-order valence-electron chi connectivity index (χ0n) is 12.0. The summed E-state index contributed by atoms with van der Waals surface area (Å²) in [5, 5.41) is -0.308. The van der Waals surface area contributed by atoms with Crippen molar-refractivity contribution >= 4 is 9.84 Å². The highest BCUT2D eigenvalue weighted by molar-refractivity contribution is 7.92. The Kier molecular flexibility index (Phi) is 5.97. The Morgan fingerprint density at radius 2 is 1.79 bits per heavy atom. The molecule has 0 unspecified atom stereocenters. The van der Waals surface area contributed by atoms with Gasteiger partial charge in [-0.05, 0) is 32.0 Å². The van der Waals surface area contributed by atoms with Gasteiger partial charge in [0.05, 0.1) is 11.0 Å². The first-order valence-corrected chi connectivity index (χ1v) is 8.25. The van der Waals surface area contributed by atoms with Crippen molar-refractivity contribution in [2.75, 3.05) is 19.3 Å². The van der Waals surface area contributed by atoms with Crippen LogP contribution in [0.1, 0.15) is 25.0 Å². The highest BCUT2D eigenvalue weighted by Crippen LogP contribution is 2.10. The maximum Gasteiger partial charge on any atom is 0.153 e. The molecule has 0 radical (unpaired) electrons. The molecule has 0 aliphatic rings. The van der Waals surface area contributed by atoms with Crippen LogP contribution in [0, 0.1) is 0 Å². The van der Waals surface area contributed by atoms with Gasteiger partial charge >= 0.3 is 0 Å². The third-order valence-corrected chi connectivity index (χ3v) is 5.44. The van der Waals surface area contributed by atoms with Gasteiger partial charge in [-0.25, -0.2) is 8.42 Å². The molecular weight excluding hydrogens is 260 g/mol. The monoisotopic (exact) mass is 284 g/mol. The summed E-state index contributed by atoms with van der Waals surface area (Å²) in [6.07, 6.45) is 0. The van der Waals surface area contributed by atoms with Crippen LogP contribution in [0.2, 0.25) is 0 Å². The van der Waals surface area contributed by atoms with E-state index in [0.29, 0.717) is 13.1 Å². The molecule has 5 heteroatoms. The average Bonchev–Trinajstić information content (AvgIpc) is 2.37. The van der Waals surface area contributed by atoms with Crippen LogP contribution in [-0.2, 0) is 22.9 Å². The van der Waals surface area contributed by atoms with Crippen molar-refractivity contribution in [2.24, 2.45) is 5.73 Å². The number of benzene rings is 1. The summed E-state index contributed by atoms with van der Waals surface area (Å²) in [6.45, 7) is 5.22. The zero-order valence-corrected chi connectivity index (χ0v) is 12.8. The first-order chi connectivity index (χ1) is 8.86. The van der Waals surface area contributed by atoms with Crippen molar-refractivity contribution < 1.29 is 8.42 Å². The van der Waals surface area contributed by atoms with E-state index < -0.39 is 9.84 Å². The van der Waals surface area contributed by atoms with Crippen LogP contribution >= 0.6 is 0 Å². The third-order valence-electron chi connectivity index (χ3n) is 3.25. The molecule has 19 heavy (non-hydrogen) atoms. The van der Waals surface area contributed by atoms with Crippen LogP contribution in [0.25, 0.3) is 0 Å². The van der Waals surface area contributed by atoms with Crippen molar-refractivity contribution in [1.29, 1.82) is 0 Å². The summed E-state index contributed by atoms with van der Waals surface area (Å²) in [6, 6.07) is 7.99. The van der Waals surface area contributed by atoms with E-state index in [-0.39, 0.29) is 11.0 Å². The lowest BCUT2D eigenvalue weighted by molar-refractivity contribution is 0.344. The lowest BCUT2D eigenvalue weighted by Gasteiger charge is -2.19. The summed E-state index contributed by atoms with van der Waals surface area (Å²) in [5.41, 5.74) is 7.97. The quantitative estimate of drug-likeness (QED) is 0.822. The minimum absolute atomic E-state index is 0.200. The predicted molar refractivity (Wildman–Crippen MR) is 79.6 cm³/mol. The van der Waals surface area contributed by atoms with Gasteiger partial charge in [-0.1, -0.05) is 24.3 Å². The number of nitrogens with two attached hydrogens (primary N) is 1. The molecule has 4 nitrogen and oxygen atoms in total. The van der Waals surface area contributed by atoms with Gasteiger partial charge in [0.15, 0.2) is 9.84 Å². The van der Waals surface area contributed by atoms with E-state index in [1.54, 1.807) is 13.8 Å². The molecule has 1 rings (SSSR count). The maximum absolute atomic E-state index is 11.8. The maximum atomic E-state index is 11.8. The number of sulfone groups is 1. The Hall–Kier alpha value is -0.910. The second-order valence-electron chi connectivity index (χ2n) is 5.13. The normalized spacial score (nSPS) is 12.3. The standard InChI is InChI=1S/C14H24N2O2S/c1-12(2)19(17,18)9-8-16(3)11-14-7-5-4-6-13(14)10-15/h4-7,12H,8-11,15H2,1-3H3. The van der Waals surface area contributed by atoms with Crippen LogP contribution < -0.4 is 5.73 Å². The fourth-order valence-corrected chi connectivity index (χ4v) is 2.84. The van der Waals surface area contributed by atoms with E-state index in [4.69, 9.17) is 5.73 Å². The van der Waals surface area contributed by atoms with Crippen LogP contribution in [0.3, 0.4) is 0 Å². The van der Waals surface area contributed by atoms with Crippen molar-refractivity contribution in [2.45, 2.75) is 32.2 Å². The molecular formula is C14H24N2O2S. The molecule has 0 amide bonds. The summed E-state index contributed by atoms with van der Waals surface area (Å²) >= 11 is 0. The van der Waals surface area contributed by atoms with Gasteiger partial charge in [-0.3, -0.25) is 0 Å². The van der Waals surface area contributed by atoms with Gasteiger partial charge in [0, 0.05) is 19.6 Å². The molecule has 0 atom stereocenters. The average molecular weight is 284 g/mol. The van der Waals surface area contributed by atoms with Crippen molar-refractivity contribution in [1.82, 2.24) is 4.90 Å². The van der Waals surface area contributed by atoms with Crippen LogP contribution in [0.15, 0.2) is 24.3 Å². The number of hydrogen-bond donors (Lipinski definition) is 1. The lowest BCUT2D eigenvalue weighted by Crippen LogP contribution is -2.29. The van der Waals surface area contributed by atoms with Crippen molar-refractivity contribution in [3.8, 4) is 0 Å². The summed E-state index contributed by atoms with van der Waals surface area (Å²) in [5.74, 6) is 0.200. The van der Waals surface area contributed by atoms with Gasteiger partial charge in [0.1, 0.15) is 0 Å². The molecule has 0 heterocycles. The molecule has 108 valence electrons. The van der Waals surface area contributed by atoms with E-state index in [2.05, 4.69) is 0 Å². The molecule has 0 fully saturated rings. The van der Waals surface area contributed by atoms with E-state index in [1.165, 1.54) is 0 Å². The topological polar surface area (TPSA) is 63.4 Å². The molecule has 0 bridgehead atoms. The minimum Gasteiger partial charge on any atom is -0.326 e. The fraction of sp³-hybridized carbons (Fsp3) is 0.571. The highest BCUT2D eigenvalue weighted by Gasteiger charge is 2.16. The second kappa shape index (κ2) is 7.03. The zero-order chi connectivity index (χ0) is 14.5. The molecule has 0 saturated carbocycles. The summed E-state index contributed by atoms with van der Waals surface area (Å²) in [4.78, 5) is 2.02. The van der Waals surface area contributed by atoms with Gasteiger partial charge in [-0.15, -0.1) is 0 Å². The molecule has 0 spiro atoms. The molecule has 0 aromatic heterocycles. The van der Waals surface area contributed by atoms with Gasteiger partial charge in [0.25, 0.3) is 0 Å². The Balaban J connectivity index is 2.59. The minimum atomic E-state index is -2.97. The smallest absolute Gasteiger partial charge is 0.153 e. The van der Waals surface area contributed by atoms with Crippen molar-refractivity contribution in [3.63, 3.8) is 0 Å². The summed E-state index contributed by atoms with van der Waals surface area (Å²) in [7, 11) is -1.03. The van der Waals surface area contributed by atoms with Crippen LogP contribution in [0.4, 0.5) is 0 Å². The molecule has 0 saturated heterocycles. The Morgan fingerprint density at radius 3 is 2.32 bits per heavy atom. The molecule has 1 aromatic carbocycles. The fourth-order valence-electron chi connectivity index (χ4n) is 1.80. The van der Waals surface area contributed by atoms with Gasteiger partial charge in [0.2, 0.25) is 0 Å². The van der Waals surface area contributed by atoms with Gasteiger partial charge in [-0.2, -0.15) is 0 Å². The SMILES string of the molecule is CC(C)S(=O)(=O)CCN(C)Cc1ccccc1CN. The Bertz CT molecular complexity index is 498. The predicted octanol–water partition coefficient (Wildman–Crippen LogP) is 1.40. The first kappa shape index (κ1) is 16.1. The van der Waals surface area contributed by atoms with Crippen LogP contribution in [-0.4, -0.2) is 37.9 Å². The molecule has 1 aromatic rings. The van der Waals surface area contributed by atoms with E-state index in [1.807, 2.05) is 36.2 Å². The highest BCUT2D eigenvalue weighted by atomic mass is 32.2. The van der Waals surface area contributed by atoms with E-state index in [0.717, 1.165) is 17.7 Å². The molecule has 2 N–H and O–H groups in total. The largest absolute Gasteiger partial charge is 0.326 e. The molecule has 0 aliphatic carbocycles. The second-order valence-corrected chi connectivity index (χ2v) is 7.80. The van der Waals surface area contributed by atoms with E-state index in [9.17, 15) is 8.42 Å². The first-order valence-electron chi connectivity index (χ1n) is 6.53. The molecule has 0 aliphatic heterocycles.